The molecule has 0 radical (unpaired) electrons. The van der Waals surface area contributed by atoms with Crippen LogP contribution in [0.4, 0.5) is 0 Å². The molecule has 0 aliphatic heterocycles. The maximum absolute atomic E-state index is 12.5. The Bertz CT molecular complexity index is 909. The van der Waals surface area contributed by atoms with Gasteiger partial charge in [-0.25, -0.2) is 0 Å². The molecule has 0 unspecified atom stereocenters. The Morgan fingerprint density at radius 1 is 1.19 bits per heavy atom. The molecule has 2 heterocycles. The van der Waals surface area contributed by atoms with Crippen LogP contribution in [0.3, 0.4) is 0 Å². The highest BCUT2D eigenvalue weighted by atomic mass is 32.1. The van der Waals surface area contributed by atoms with Gasteiger partial charge in [-0.05, 0) is 44.4 Å². The summed E-state index contributed by atoms with van der Waals surface area (Å²) in [5.41, 5.74) is 5.63. The van der Waals surface area contributed by atoms with Gasteiger partial charge in [0, 0.05) is 22.7 Å². The lowest BCUT2D eigenvalue weighted by molar-refractivity contribution is 0.0955. The third kappa shape index (κ3) is 3.88. The number of amides is 1. The fraction of sp³-hybridized carbons (Fsp3) is 0.333. The Labute approximate surface area is 158 Å². The molecule has 1 N–H and O–H groups in total. The molecule has 0 saturated carbocycles. The van der Waals surface area contributed by atoms with Gasteiger partial charge in [0.15, 0.2) is 0 Å². The number of carbonyl (C=O) groups is 1. The molecular weight excluding hydrogens is 342 g/mol. The van der Waals surface area contributed by atoms with E-state index in [9.17, 15) is 4.79 Å². The molecule has 0 atom stereocenters. The first-order valence-corrected chi connectivity index (χ1v) is 9.75. The van der Waals surface area contributed by atoms with Crippen molar-refractivity contribution in [3.05, 3.63) is 74.2 Å². The summed E-state index contributed by atoms with van der Waals surface area (Å²) in [6.07, 6.45) is 0.958. The zero-order valence-corrected chi connectivity index (χ0v) is 16.6. The number of benzene rings is 1. The second-order valence-corrected chi connectivity index (χ2v) is 7.78. The predicted octanol–water partition coefficient (Wildman–Crippen LogP) is 4.41. The molecule has 2 aromatic heterocycles. The van der Waals surface area contributed by atoms with Crippen molar-refractivity contribution in [2.24, 2.45) is 0 Å². The van der Waals surface area contributed by atoms with Crippen molar-refractivity contribution in [3.63, 3.8) is 0 Å². The van der Waals surface area contributed by atoms with Crippen molar-refractivity contribution in [3.8, 4) is 0 Å². The smallest absolute Gasteiger partial charge is 0.261 e. The van der Waals surface area contributed by atoms with Crippen LogP contribution in [-0.2, 0) is 19.5 Å². The van der Waals surface area contributed by atoms with E-state index in [1.807, 2.05) is 35.9 Å². The van der Waals surface area contributed by atoms with Crippen LogP contribution in [0.15, 0.2) is 36.4 Å². The Balaban J connectivity index is 1.70. The molecule has 0 bridgehead atoms. The first-order chi connectivity index (χ1) is 12.5. The average Bonchev–Trinajstić information content (AvgIpc) is 3.14. The van der Waals surface area contributed by atoms with Gasteiger partial charge < -0.3 is 5.32 Å². The van der Waals surface area contributed by atoms with E-state index in [0.29, 0.717) is 6.54 Å². The topological polar surface area (TPSA) is 46.9 Å². The van der Waals surface area contributed by atoms with Crippen molar-refractivity contribution in [1.82, 2.24) is 15.1 Å². The van der Waals surface area contributed by atoms with E-state index < -0.39 is 0 Å². The van der Waals surface area contributed by atoms with Crippen LogP contribution < -0.4 is 5.32 Å². The summed E-state index contributed by atoms with van der Waals surface area (Å²) >= 11 is 1.56. The molecule has 5 heteroatoms. The van der Waals surface area contributed by atoms with E-state index >= 15 is 0 Å². The van der Waals surface area contributed by atoms with Crippen molar-refractivity contribution >= 4 is 17.2 Å². The molecule has 3 rings (SSSR count). The maximum Gasteiger partial charge on any atom is 0.261 e. The van der Waals surface area contributed by atoms with Crippen LogP contribution in [0.25, 0.3) is 0 Å². The Morgan fingerprint density at radius 2 is 1.92 bits per heavy atom. The minimum Gasteiger partial charge on any atom is -0.347 e. The van der Waals surface area contributed by atoms with Gasteiger partial charge in [-0.3, -0.25) is 9.48 Å². The molecule has 26 heavy (non-hydrogen) atoms. The molecule has 4 nitrogen and oxygen atoms in total. The Morgan fingerprint density at radius 3 is 2.58 bits per heavy atom. The lowest BCUT2D eigenvalue weighted by Gasteiger charge is -2.07. The van der Waals surface area contributed by atoms with E-state index in [0.717, 1.165) is 34.8 Å². The molecule has 3 aromatic rings. The number of hydrogen-bond acceptors (Lipinski definition) is 3. The fourth-order valence-corrected chi connectivity index (χ4v) is 4.17. The second kappa shape index (κ2) is 7.87. The van der Waals surface area contributed by atoms with E-state index in [1.54, 1.807) is 11.3 Å². The quantitative estimate of drug-likeness (QED) is 0.701. The van der Waals surface area contributed by atoms with Gasteiger partial charge in [-0.1, -0.05) is 37.3 Å². The third-order valence-electron chi connectivity index (χ3n) is 4.76. The summed E-state index contributed by atoms with van der Waals surface area (Å²) in [6.45, 7) is 9.50. The van der Waals surface area contributed by atoms with Gasteiger partial charge in [-0.2, -0.15) is 5.10 Å². The van der Waals surface area contributed by atoms with Gasteiger partial charge >= 0.3 is 0 Å². The lowest BCUT2D eigenvalue weighted by Crippen LogP contribution is -2.22. The summed E-state index contributed by atoms with van der Waals surface area (Å²) in [7, 11) is 0. The third-order valence-corrected chi connectivity index (χ3v) is 5.85. The number of nitrogens with zero attached hydrogens (tertiary/aromatic N) is 2. The minimum absolute atomic E-state index is 0.00703. The SMILES string of the molecule is CCc1cc(C(=O)NCc2c(C)nn(Cc3ccccc3)c2C)sc1C. The van der Waals surface area contributed by atoms with Gasteiger partial charge in [0.2, 0.25) is 0 Å². The first kappa shape index (κ1) is 18.4. The van der Waals surface area contributed by atoms with Crippen molar-refractivity contribution in [2.45, 2.75) is 47.2 Å². The Hall–Kier alpha value is -2.40. The van der Waals surface area contributed by atoms with E-state index in [2.05, 4.69) is 43.3 Å². The summed E-state index contributed by atoms with van der Waals surface area (Å²) in [6, 6.07) is 12.3. The van der Waals surface area contributed by atoms with Gasteiger partial charge in [0.25, 0.3) is 5.91 Å². The van der Waals surface area contributed by atoms with Gasteiger partial charge in [0.05, 0.1) is 17.1 Å². The summed E-state index contributed by atoms with van der Waals surface area (Å²) in [4.78, 5) is 14.5. The molecule has 0 aliphatic rings. The molecule has 0 aliphatic carbocycles. The molecule has 0 spiro atoms. The number of nitrogens with one attached hydrogen (secondary N) is 1. The number of thiophene rings is 1. The molecule has 1 aromatic carbocycles. The minimum atomic E-state index is -0.00703. The normalized spacial score (nSPS) is 10.9. The average molecular weight is 368 g/mol. The summed E-state index contributed by atoms with van der Waals surface area (Å²) < 4.78 is 2.01. The standard InChI is InChI=1S/C21H25N3OS/c1-5-18-11-20(26-16(18)4)21(25)22-12-19-14(2)23-24(15(19)3)13-17-9-7-6-8-10-17/h6-11H,5,12-13H2,1-4H3,(H,22,25). The van der Waals surface area contributed by atoms with E-state index in [1.165, 1.54) is 16.0 Å². The van der Waals surface area contributed by atoms with Crippen LogP contribution in [0.2, 0.25) is 0 Å². The molecule has 0 saturated heterocycles. The van der Waals surface area contributed by atoms with E-state index in [4.69, 9.17) is 0 Å². The predicted molar refractivity (Wildman–Crippen MR) is 107 cm³/mol. The Kier molecular flexibility index (Phi) is 5.57. The number of hydrogen-bond donors (Lipinski definition) is 1. The summed E-state index contributed by atoms with van der Waals surface area (Å²) in [5.74, 6) is -0.00703. The van der Waals surface area contributed by atoms with Crippen molar-refractivity contribution in [1.29, 1.82) is 0 Å². The lowest BCUT2D eigenvalue weighted by atomic mass is 10.2. The van der Waals surface area contributed by atoms with Crippen LogP contribution >= 0.6 is 11.3 Å². The van der Waals surface area contributed by atoms with Gasteiger partial charge in [-0.15, -0.1) is 11.3 Å². The molecule has 0 fully saturated rings. The highest BCUT2D eigenvalue weighted by Crippen LogP contribution is 2.22. The van der Waals surface area contributed by atoms with E-state index in [-0.39, 0.29) is 5.91 Å². The maximum atomic E-state index is 12.5. The number of rotatable bonds is 6. The van der Waals surface area contributed by atoms with Crippen LogP contribution in [0.1, 0.15) is 49.6 Å². The van der Waals surface area contributed by atoms with Crippen LogP contribution in [0.5, 0.6) is 0 Å². The zero-order valence-electron chi connectivity index (χ0n) is 15.8. The number of carbonyl (C=O) groups excluding carboxylic acids is 1. The highest BCUT2D eigenvalue weighted by molar-refractivity contribution is 7.14. The summed E-state index contributed by atoms with van der Waals surface area (Å²) in [5, 5.41) is 7.71. The van der Waals surface area contributed by atoms with Crippen molar-refractivity contribution < 1.29 is 4.79 Å². The van der Waals surface area contributed by atoms with Gasteiger partial charge in [0.1, 0.15) is 0 Å². The molecular formula is C21H25N3OS. The molecule has 136 valence electrons. The van der Waals surface area contributed by atoms with Crippen LogP contribution in [0, 0.1) is 20.8 Å². The van der Waals surface area contributed by atoms with Crippen molar-refractivity contribution in [2.75, 3.05) is 0 Å². The van der Waals surface area contributed by atoms with Crippen LogP contribution in [-0.4, -0.2) is 15.7 Å². The number of aryl methyl sites for hydroxylation is 3. The highest BCUT2D eigenvalue weighted by Gasteiger charge is 2.15. The fourth-order valence-electron chi connectivity index (χ4n) is 3.14. The second-order valence-electron chi connectivity index (χ2n) is 6.52. The molecule has 1 amide bonds. The first-order valence-electron chi connectivity index (χ1n) is 8.94. The largest absolute Gasteiger partial charge is 0.347 e. The monoisotopic (exact) mass is 367 g/mol. The number of aromatic nitrogens is 2. The zero-order chi connectivity index (χ0) is 18.7.